The highest BCUT2D eigenvalue weighted by atomic mass is 35.5. The van der Waals surface area contributed by atoms with E-state index in [1.165, 1.54) is 6.07 Å². The predicted octanol–water partition coefficient (Wildman–Crippen LogP) is 4.32. The van der Waals surface area contributed by atoms with Gasteiger partial charge in [0.05, 0.1) is 21.9 Å². The maximum atomic E-state index is 12.5. The Bertz CT molecular complexity index is 430. The number of nitrogens with one attached hydrogen (secondary N) is 1. The van der Waals surface area contributed by atoms with E-state index in [1.54, 1.807) is 0 Å². The minimum Gasteiger partial charge on any atom is -0.388 e. The molecule has 0 fully saturated rings. The van der Waals surface area contributed by atoms with Crippen molar-refractivity contribution in [3.8, 4) is 0 Å². The third-order valence-corrected chi connectivity index (χ3v) is 3.53. The van der Waals surface area contributed by atoms with Crippen LogP contribution in [-0.4, -0.2) is 17.3 Å². The Kier molecular flexibility index (Phi) is 5.10. The van der Waals surface area contributed by atoms with Gasteiger partial charge >= 0.3 is 6.18 Å². The molecule has 0 aliphatic heterocycles. The summed E-state index contributed by atoms with van der Waals surface area (Å²) in [5.41, 5.74) is -1.29. The van der Waals surface area contributed by atoms with Crippen LogP contribution in [0.25, 0.3) is 0 Å². The van der Waals surface area contributed by atoms with Gasteiger partial charge in [-0.3, -0.25) is 0 Å². The molecule has 0 saturated heterocycles. The van der Waals surface area contributed by atoms with Crippen molar-refractivity contribution in [3.05, 3.63) is 28.8 Å². The van der Waals surface area contributed by atoms with Crippen LogP contribution in [0.4, 0.5) is 18.9 Å². The summed E-state index contributed by atoms with van der Waals surface area (Å²) in [5, 5.41) is 13.0. The molecule has 0 heterocycles. The first-order chi connectivity index (χ1) is 8.72. The number of alkyl halides is 3. The number of hydrogen-bond donors (Lipinski definition) is 2. The van der Waals surface area contributed by atoms with Gasteiger partial charge in [0.2, 0.25) is 0 Å². The lowest BCUT2D eigenvalue weighted by Crippen LogP contribution is -2.35. The lowest BCUT2D eigenvalue weighted by atomic mass is 9.97. The molecule has 6 heteroatoms. The Morgan fingerprint density at radius 1 is 1.21 bits per heavy atom. The van der Waals surface area contributed by atoms with Gasteiger partial charge in [-0.1, -0.05) is 25.4 Å². The molecule has 108 valence electrons. The monoisotopic (exact) mass is 295 g/mol. The Labute approximate surface area is 115 Å². The van der Waals surface area contributed by atoms with Crippen LogP contribution in [0.2, 0.25) is 5.02 Å². The van der Waals surface area contributed by atoms with Crippen molar-refractivity contribution >= 4 is 17.3 Å². The van der Waals surface area contributed by atoms with Crippen LogP contribution >= 0.6 is 11.6 Å². The van der Waals surface area contributed by atoms with Crippen LogP contribution in [0.1, 0.15) is 32.3 Å². The minimum absolute atomic E-state index is 0.00983. The fourth-order valence-electron chi connectivity index (χ4n) is 1.59. The molecule has 0 radical (unpaired) electrons. The van der Waals surface area contributed by atoms with E-state index in [-0.39, 0.29) is 11.6 Å². The third kappa shape index (κ3) is 4.28. The summed E-state index contributed by atoms with van der Waals surface area (Å²) in [5.74, 6) is 0. The molecule has 19 heavy (non-hydrogen) atoms. The molecule has 0 unspecified atom stereocenters. The molecule has 0 atom stereocenters. The van der Waals surface area contributed by atoms with Gasteiger partial charge < -0.3 is 10.4 Å². The number of hydrogen-bond acceptors (Lipinski definition) is 2. The Balaban J connectivity index is 2.82. The molecule has 1 aromatic rings. The van der Waals surface area contributed by atoms with Crippen molar-refractivity contribution in [2.45, 2.75) is 38.5 Å². The maximum Gasteiger partial charge on any atom is 0.416 e. The molecule has 0 saturated carbocycles. The van der Waals surface area contributed by atoms with Gasteiger partial charge in [-0.15, -0.1) is 0 Å². The summed E-state index contributed by atoms with van der Waals surface area (Å²) in [7, 11) is 0. The second-order valence-electron chi connectivity index (χ2n) is 4.48. The van der Waals surface area contributed by atoms with E-state index in [9.17, 15) is 18.3 Å². The summed E-state index contributed by atoms with van der Waals surface area (Å²) in [6.07, 6.45) is -3.31. The Morgan fingerprint density at radius 3 is 2.21 bits per heavy atom. The highest BCUT2D eigenvalue weighted by Gasteiger charge is 2.31. The van der Waals surface area contributed by atoms with E-state index < -0.39 is 17.3 Å². The van der Waals surface area contributed by atoms with Gasteiger partial charge in [0.25, 0.3) is 0 Å². The van der Waals surface area contributed by atoms with E-state index in [0.717, 1.165) is 12.1 Å². The van der Waals surface area contributed by atoms with Gasteiger partial charge in [0.15, 0.2) is 0 Å². The zero-order valence-electron chi connectivity index (χ0n) is 10.8. The van der Waals surface area contributed by atoms with Crippen LogP contribution < -0.4 is 5.32 Å². The van der Waals surface area contributed by atoms with Gasteiger partial charge in [0, 0.05) is 6.54 Å². The summed E-state index contributed by atoms with van der Waals surface area (Å²) in [6, 6.07) is 3.11. The lowest BCUT2D eigenvalue weighted by Gasteiger charge is -2.26. The second kappa shape index (κ2) is 6.01. The molecule has 0 aliphatic rings. The Morgan fingerprint density at radius 2 is 1.79 bits per heavy atom. The van der Waals surface area contributed by atoms with Crippen molar-refractivity contribution in [1.82, 2.24) is 0 Å². The fraction of sp³-hybridized carbons (Fsp3) is 0.538. The molecular formula is C13H17ClF3NO. The minimum atomic E-state index is -4.41. The largest absolute Gasteiger partial charge is 0.416 e. The van der Waals surface area contributed by atoms with E-state index in [1.807, 2.05) is 13.8 Å². The summed E-state index contributed by atoms with van der Waals surface area (Å²) in [6.45, 7) is 3.93. The van der Waals surface area contributed by atoms with Gasteiger partial charge in [-0.05, 0) is 31.0 Å². The standard InChI is InChI=1S/C13H17ClF3NO/c1-3-12(19,4-2)8-18-11-6-5-9(7-10(11)14)13(15,16)17/h5-7,18-19H,3-4,8H2,1-2H3. The first-order valence-electron chi connectivity index (χ1n) is 6.05. The van der Waals surface area contributed by atoms with Crippen molar-refractivity contribution in [2.24, 2.45) is 0 Å². The van der Waals surface area contributed by atoms with Crippen LogP contribution in [-0.2, 0) is 6.18 Å². The number of benzene rings is 1. The summed E-state index contributed by atoms with van der Waals surface area (Å²) < 4.78 is 37.4. The molecule has 1 aromatic carbocycles. The molecule has 0 aliphatic carbocycles. The average Bonchev–Trinajstić information content (AvgIpc) is 2.35. The quantitative estimate of drug-likeness (QED) is 0.848. The molecule has 2 N–H and O–H groups in total. The molecule has 0 aromatic heterocycles. The van der Waals surface area contributed by atoms with Crippen LogP contribution in [0, 0.1) is 0 Å². The third-order valence-electron chi connectivity index (χ3n) is 3.22. The molecule has 2 nitrogen and oxygen atoms in total. The fourth-order valence-corrected chi connectivity index (χ4v) is 1.84. The first kappa shape index (κ1) is 16.1. The summed E-state index contributed by atoms with van der Waals surface area (Å²) >= 11 is 5.81. The topological polar surface area (TPSA) is 32.3 Å². The molecule has 0 bridgehead atoms. The average molecular weight is 296 g/mol. The number of aliphatic hydroxyl groups is 1. The van der Waals surface area contributed by atoms with Crippen LogP contribution in [0.15, 0.2) is 18.2 Å². The Hall–Kier alpha value is -0.940. The van der Waals surface area contributed by atoms with Gasteiger partial charge in [-0.2, -0.15) is 13.2 Å². The number of halogens is 4. The smallest absolute Gasteiger partial charge is 0.388 e. The lowest BCUT2D eigenvalue weighted by molar-refractivity contribution is -0.137. The highest BCUT2D eigenvalue weighted by molar-refractivity contribution is 6.33. The van der Waals surface area contributed by atoms with E-state index >= 15 is 0 Å². The SMILES string of the molecule is CCC(O)(CC)CNc1ccc(C(F)(F)F)cc1Cl. The van der Waals surface area contributed by atoms with E-state index in [0.29, 0.717) is 18.5 Å². The summed E-state index contributed by atoms with van der Waals surface area (Å²) in [4.78, 5) is 0. The van der Waals surface area contributed by atoms with E-state index in [4.69, 9.17) is 11.6 Å². The molecule has 1 rings (SSSR count). The zero-order valence-corrected chi connectivity index (χ0v) is 11.6. The predicted molar refractivity (Wildman–Crippen MR) is 70.5 cm³/mol. The van der Waals surface area contributed by atoms with Crippen molar-refractivity contribution in [3.63, 3.8) is 0 Å². The maximum absolute atomic E-state index is 12.5. The normalized spacial score (nSPS) is 12.6. The van der Waals surface area contributed by atoms with Crippen molar-refractivity contribution in [2.75, 3.05) is 11.9 Å². The molecule has 0 amide bonds. The number of rotatable bonds is 5. The van der Waals surface area contributed by atoms with Crippen molar-refractivity contribution < 1.29 is 18.3 Å². The number of anilines is 1. The second-order valence-corrected chi connectivity index (χ2v) is 4.88. The van der Waals surface area contributed by atoms with Crippen LogP contribution in [0.5, 0.6) is 0 Å². The van der Waals surface area contributed by atoms with E-state index in [2.05, 4.69) is 5.32 Å². The van der Waals surface area contributed by atoms with Gasteiger partial charge in [-0.25, -0.2) is 0 Å². The zero-order chi connectivity index (χ0) is 14.7. The highest BCUT2D eigenvalue weighted by Crippen LogP contribution is 2.34. The molecular weight excluding hydrogens is 279 g/mol. The van der Waals surface area contributed by atoms with Crippen molar-refractivity contribution in [1.29, 1.82) is 0 Å². The molecule has 0 spiro atoms. The van der Waals surface area contributed by atoms with Crippen LogP contribution in [0.3, 0.4) is 0 Å². The van der Waals surface area contributed by atoms with Gasteiger partial charge in [0.1, 0.15) is 0 Å². The first-order valence-corrected chi connectivity index (χ1v) is 6.42.